The summed E-state index contributed by atoms with van der Waals surface area (Å²) in [5.41, 5.74) is 0.0335. The van der Waals surface area contributed by atoms with E-state index in [4.69, 9.17) is 0 Å². The lowest BCUT2D eigenvalue weighted by atomic mass is 10.2. The standard InChI is InChI=1S/C13H18N2O3S/c1-2-14-13(10-3-4-10)9-19(18)12-7-5-11(6-8-12)15(16)17/h5-8,10,13-14H,2-4,9H2,1H3. The number of nitrogens with one attached hydrogen (secondary N) is 1. The zero-order valence-electron chi connectivity index (χ0n) is 10.9. The van der Waals surface area contributed by atoms with E-state index in [0.717, 1.165) is 6.54 Å². The van der Waals surface area contributed by atoms with E-state index in [2.05, 4.69) is 5.32 Å². The van der Waals surface area contributed by atoms with E-state index in [0.29, 0.717) is 22.6 Å². The fourth-order valence-electron chi connectivity index (χ4n) is 2.10. The highest BCUT2D eigenvalue weighted by atomic mass is 32.2. The highest BCUT2D eigenvalue weighted by molar-refractivity contribution is 7.85. The maximum Gasteiger partial charge on any atom is 0.269 e. The van der Waals surface area contributed by atoms with Crippen LogP contribution in [0.3, 0.4) is 0 Å². The molecule has 0 bridgehead atoms. The molecule has 0 aromatic heterocycles. The van der Waals surface area contributed by atoms with Crippen molar-refractivity contribution in [3.05, 3.63) is 34.4 Å². The third-order valence-electron chi connectivity index (χ3n) is 3.30. The molecule has 1 N–H and O–H groups in total. The second kappa shape index (κ2) is 6.25. The molecule has 19 heavy (non-hydrogen) atoms. The van der Waals surface area contributed by atoms with E-state index in [1.807, 2.05) is 6.92 Å². The highest BCUT2D eigenvalue weighted by Crippen LogP contribution is 2.33. The van der Waals surface area contributed by atoms with Crippen molar-refractivity contribution in [1.29, 1.82) is 0 Å². The molecule has 1 aromatic carbocycles. The van der Waals surface area contributed by atoms with E-state index < -0.39 is 15.7 Å². The van der Waals surface area contributed by atoms with Crippen LogP contribution in [0.4, 0.5) is 5.69 Å². The van der Waals surface area contributed by atoms with Crippen molar-refractivity contribution in [3.8, 4) is 0 Å². The van der Waals surface area contributed by atoms with Crippen molar-refractivity contribution in [2.24, 2.45) is 5.92 Å². The van der Waals surface area contributed by atoms with Crippen LogP contribution >= 0.6 is 0 Å². The van der Waals surface area contributed by atoms with Gasteiger partial charge in [-0.2, -0.15) is 0 Å². The largest absolute Gasteiger partial charge is 0.313 e. The summed E-state index contributed by atoms with van der Waals surface area (Å²) < 4.78 is 12.2. The first-order chi connectivity index (χ1) is 9.11. The van der Waals surface area contributed by atoms with Crippen LogP contribution in [0.2, 0.25) is 0 Å². The number of hydrogen-bond acceptors (Lipinski definition) is 4. The third kappa shape index (κ3) is 3.84. The molecule has 0 spiro atoms. The maximum atomic E-state index is 12.2. The first-order valence-electron chi connectivity index (χ1n) is 6.48. The van der Waals surface area contributed by atoms with Crippen LogP contribution in [-0.2, 0) is 10.8 Å². The van der Waals surface area contributed by atoms with Crippen molar-refractivity contribution in [2.45, 2.75) is 30.7 Å². The van der Waals surface area contributed by atoms with Gasteiger partial charge in [-0.3, -0.25) is 14.3 Å². The molecule has 2 rings (SSSR count). The number of benzene rings is 1. The van der Waals surface area contributed by atoms with Gasteiger partial charge in [0.1, 0.15) is 0 Å². The summed E-state index contributed by atoms with van der Waals surface area (Å²) in [6.07, 6.45) is 2.41. The Hall–Kier alpha value is -1.27. The van der Waals surface area contributed by atoms with E-state index in [1.165, 1.54) is 25.0 Å². The summed E-state index contributed by atoms with van der Waals surface area (Å²) >= 11 is 0. The highest BCUT2D eigenvalue weighted by Gasteiger charge is 2.31. The zero-order chi connectivity index (χ0) is 13.8. The molecular formula is C13H18N2O3S. The summed E-state index contributed by atoms with van der Waals surface area (Å²) in [7, 11) is -1.10. The van der Waals surface area contributed by atoms with Crippen LogP contribution in [-0.4, -0.2) is 27.5 Å². The molecule has 0 radical (unpaired) electrons. The molecular weight excluding hydrogens is 264 g/mol. The lowest BCUT2D eigenvalue weighted by molar-refractivity contribution is -0.384. The number of nitro benzene ring substituents is 1. The third-order valence-corrected chi connectivity index (χ3v) is 4.76. The molecule has 2 unspecified atom stereocenters. The number of nitrogens with zero attached hydrogens (tertiary/aromatic N) is 1. The molecule has 0 aliphatic heterocycles. The Morgan fingerprint density at radius 1 is 1.42 bits per heavy atom. The summed E-state index contributed by atoms with van der Waals surface area (Å²) in [5.74, 6) is 1.22. The van der Waals surface area contributed by atoms with Crippen molar-refractivity contribution in [2.75, 3.05) is 12.3 Å². The van der Waals surface area contributed by atoms with Gasteiger partial charge in [0.15, 0.2) is 0 Å². The molecule has 104 valence electrons. The molecule has 1 saturated carbocycles. The van der Waals surface area contributed by atoms with Crippen molar-refractivity contribution >= 4 is 16.5 Å². The Balaban J connectivity index is 2.00. The Labute approximate surface area is 115 Å². The average Bonchev–Trinajstić information content (AvgIpc) is 3.22. The van der Waals surface area contributed by atoms with Crippen molar-refractivity contribution in [3.63, 3.8) is 0 Å². The van der Waals surface area contributed by atoms with Gasteiger partial charge < -0.3 is 5.32 Å². The molecule has 1 aromatic rings. The SMILES string of the molecule is CCNC(CS(=O)c1ccc([N+](=O)[O-])cc1)C1CC1. The fourth-order valence-corrected chi connectivity index (χ4v) is 3.45. The minimum absolute atomic E-state index is 0.0335. The summed E-state index contributed by atoms with van der Waals surface area (Å²) in [4.78, 5) is 10.8. The zero-order valence-corrected chi connectivity index (χ0v) is 11.7. The van der Waals surface area contributed by atoms with Gasteiger partial charge in [-0.05, 0) is 37.4 Å². The molecule has 1 aliphatic rings. The quantitative estimate of drug-likeness (QED) is 0.614. The average molecular weight is 282 g/mol. The van der Waals surface area contributed by atoms with Crippen molar-refractivity contribution < 1.29 is 9.13 Å². The first kappa shape index (κ1) is 14.1. The normalized spacial score (nSPS) is 17.9. The fraction of sp³-hybridized carbons (Fsp3) is 0.538. The van der Waals surface area contributed by atoms with E-state index in [9.17, 15) is 14.3 Å². The van der Waals surface area contributed by atoms with Crippen LogP contribution in [0.15, 0.2) is 29.2 Å². The number of non-ortho nitro benzene ring substituents is 1. The second-order valence-electron chi connectivity index (χ2n) is 4.76. The lowest BCUT2D eigenvalue weighted by Crippen LogP contribution is -2.35. The molecule has 0 saturated heterocycles. The topological polar surface area (TPSA) is 72.2 Å². The van der Waals surface area contributed by atoms with Crippen LogP contribution in [0.1, 0.15) is 19.8 Å². The van der Waals surface area contributed by atoms with Gasteiger partial charge in [-0.25, -0.2) is 0 Å². The Kier molecular flexibility index (Phi) is 4.66. The van der Waals surface area contributed by atoms with Crippen LogP contribution < -0.4 is 5.32 Å². The Bertz CT molecular complexity index is 471. The molecule has 0 amide bonds. The van der Waals surface area contributed by atoms with Crippen LogP contribution in [0.25, 0.3) is 0 Å². The van der Waals surface area contributed by atoms with E-state index in [1.54, 1.807) is 12.1 Å². The van der Waals surface area contributed by atoms with Gasteiger partial charge in [0, 0.05) is 28.8 Å². The van der Waals surface area contributed by atoms with Crippen LogP contribution in [0.5, 0.6) is 0 Å². The molecule has 1 fully saturated rings. The predicted octanol–water partition coefficient (Wildman–Crippen LogP) is 2.09. The molecule has 6 heteroatoms. The first-order valence-corrected chi connectivity index (χ1v) is 7.80. The lowest BCUT2D eigenvalue weighted by Gasteiger charge is -2.16. The van der Waals surface area contributed by atoms with Crippen molar-refractivity contribution in [1.82, 2.24) is 5.32 Å². The molecule has 0 heterocycles. The number of hydrogen-bond donors (Lipinski definition) is 1. The molecule has 5 nitrogen and oxygen atoms in total. The smallest absolute Gasteiger partial charge is 0.269 e. The van der Waals surface area contributed by atoms with Gasteiger partial charge in [-0.15, -0.1) is 0 Å². The summed E-state index contributed by atoms with van der Waals surface area (Å²) in [6.45, 7) is 2.92. The minimum Gasteiger partial charge on any atom is -0.313 e. The van der Waals surface area contributed by atoms with E-state index in [-0.39, 0.29) is 5.69 Å². The summed E-state index contributed by atoms with van der Waals surface area (Å²) in [6, 6.07) is 6.29. The Morgan fingerprint density at radius 2 is 2.05 bits per heavy atom. The van der Waals surface area contributed by atoms with Crippen LogP contribution in [0, 0.1) is 16.0 Å². The van der Waals surface area contributed by atoms with Gasteiger partial charge in [0.2, 0.25) is 0 Å². The monoisotopic (exact) mass is 282 g/mol. The second-order valence-corrected chi connectivity index (χ2v) is 6.26. The molecule has 2 atom stereocenters. The van der Waals surface area contributed by atoms with Gasteiger partial charge >= 0.3 is 0 Å². The van der Waals surface area contributed by atoms with Gasteiger partial charge in [0.05, 0.1) is 15.7 Å². The minimum atomic E-state index is -1.10. The number of rotatable bonds is 7. The maximum absolute atomic E-state index is 12.2. The van der Waals surface area contributed by atoms with Gasteiger partial charge in [-0.1, -0.05) is 6.92 Å². The number of nitro groups is 1. The summed E-state index contributed by atoms with van der Waals surface area (Å²) in [5, 5.41) is 13.9. The Morgan fingerprint density at radius 3 is 2.53 bits per heavy atom. The predicted molar refractivity (Wildman–Crippen MR) is 74.6 cm³/mol. The molecule has 1 aliphatic carbocycles. The van der Waals surface area contributed by atoms with E-state index >= 15 is 0 Å². The van der Waals surface area contributed by atoms with Gasteiger partial charge in [0.25, 0.3) is 5.69 Å².